The quantitative estimate of drug-likeness (QED) is 0.650. The van der Waals surface area contributed by atoms with Crippen molar-refractivity contribution >= 4 is 5.69 Å². The molecule has 3 nitrogen and oxygen atoms in total. The Morgan fingerprint density at radius 1 is 1.19 bits per heavy atom. The van der Waals surface area contributed by atoms with E-state index < -0.39 is 0 Å². The number of halogens is 1. The maximum absolute atomic E-state index is 13.9. The van der Waals surface area contributed by atoms with Gasteiger partial charge in [-0.2, -0.15) is 0 Å². The summed E-state index contributed by atoms with van der Waals surface area (Å²) in [5.74, 6) is 0.811. The molecule has 0 heterocycles. The van der Waals surface area contributed by atoms with Gasteiger partial charge in [0.2, 0.25) is 0 Å². The fraction of sp³-hybridized carbons (Fsp3) is 0.176. The average molecular weight is 287 g/mol. The van der Waals surface area contributed by atoms with E-state index in [4.69, 9.17) is 15.2 Å². The van der Waals surface area contributed by atoms with Gasteiger partial charge < -0.3 is 15.2 Å². The van der Waals surface area contributed by atoms with E-state index in [1.807, 2.05) is 6.07 Å². The van der Waals surface area contributed by atoms with E-state index in [-0.39, 0.29) is 12.4 Å². The number of nitrogens with two attached hydrogens (primary N) is 1. The molecule has 2 aromatic carbocycles. The van der Waals surface area contributed by atoms with Crippen LogP contribution in [0.5, 0.6) is 11.5 Å². The van der Waals surface area contributed by atoms with Crippen LogP contribution in [0.15, 0.2) is 49.1 Å². The summed E-state index contributed by atoms with van der Waals surface area (Å²) in [6, 6.07) is 10.1. The zero-order valence-corrected chi connectivity index (χ0v) is 11.9. The van der Waals surface area contributed by atoms with Crippen LogP contribution >= 0.6 is 0 Å². The molecule has 0 atom stereocenters. The van der Waals surface area contributed by atoms with E-state index in [1.54, 1.807) is 30.3 Å². The molecule has 0 amide bonds. The zero-order valence-electron chi connectivity index (χ0n) is 11.9. The van der Waals surface area contributed by atoms with E-state index in [0.717, 1.165) is 5.56 Å². The molecular weight excluding hydrogens is 269 g/mol. The third kappa shape index (κ3) is 3.75. The predicted octanol–water partition coefficient (Wildman–Crippen LogP) is 3.72. The van der Waals surface area contributed by atoms with Gasteiger partial charge in [-0.1, -0.05) is 6.08 Å². The van der Waals surface area contributed by atoms with Crippen LogP contribution in [0.4, 0.5) is 10.1 Å². The number of benzene rings is 2. The Morgan fingerprint density at radius 3 is 2.67 bits per heavy atom. The molecule has 110 valence electrons. The second kappa shape index (κ2) is 6.79. The van der Waals surface area contributed by atoms with Crippen molar-refractivity contribution in [3.63, 3.8) is 0 Å². The summed E-state index contributed by atoms with van der Waals surface area (Å²) < 4.78 is 24.5. The number of methoxy groups -OCH3 is 1. The first-order valence-corrected chi connectivity index (χ1v) is 6.58. The molecule has 0 bridgehead atoms. The van der Waals surface area contributed by atoms with Gasteiger partial charge in [-0.15, -0.1) is 6.58 Å². The first-order chi connectivity index (χ1) is 10.1. The standard InChI is InChI=1S/C17H18FNO2/c1-3-4-12-9-14(19)6-8-17(12)21-11-13-5-7-15(20-2)10-16(13)18/h3,5-10H,1,4,11,19H2,2H3. The van der Waals surface area contributed by atoms with Gasteiger partial charge in [0.15, 0.2) is 0 Å². The lowest BCUT2D eigenvalue weighted by molar-refractivity contribution is 0.296. The smallest absolute Gasteiger partial charge is 0.133 e. The summed E-state index contributed by atoms with van der Waals surface area (Å²) in [4.78, 5) is 0. The third-order valence-electron chi connectivity index (χ3n) is 3.09. The molecule has 0 saturated heterocycles. The van der Waals surface area contributed by atoms with Crippen molar-refractivity contribution in [2.24, 2.45) is 0 Å². The normalized spacial score (nSPS) is 10.2. The molecule has 4 heteroatoms. The molecule has 0 aromatic heterocycles. The van der Waals surface area contributed by atoms with Crippen LogP contribution in [0.3, 0.4) is 0 Å². The average Bonchev–Trinajstić information content (AvgIpc) is 2.48. The topological polar surface area (TPSA) is 44.5 Å². The highest BCUT2D eigenvalue weighted by molar-refractivity contribution is 5.48. The highest BCUT2D eigenvalue weighted by atomic mass is 19.1. The van der Waals surface area contributed by atoms with Crippen LogP contribution in [0.2, 0.25) is 0 Å². The first kappa shape index (κ1) is 14.9. The lowest BCUT2D eigenvalue weighted by Gasteiger charge is -2.12. The van der Waals surface area contributed by atoms with Crippen molar-refractivity contribution in [1.82, 2.24) is 0 Å². The Labute approximate surface area is 123 Å². The molecule has 2 aromatic rings. The summed E-state index contributed by atoms with van der Waals surface area (Å²) in [7, 11) is 1.50. The summed E-state index contributed by atoms with van der Waals surface area (Å²) in [5.41, 5.74) is 7.82. The summed E-state index contributed by atoms with van der Waals surface area (Å²) in [5, 5.41) is 0. The van der Waals surface area contributed by atoms with E-state index in [9.17, 15) is 4.39 Å². The molecule has 0 saturated carbocycles. The number of hydrogen-bond acceptors (Lipinski definition) is 3. The minimum atomic E-state index is -0.352. The third-order valence-corrected chi connectivity index (χ3v) is 3.09. The summed E-state index contributed by atoms with van der Waals surface area (Å²) >= 11 is 0. The van der Waals surface area contributed by atoms with Crippen LogP contribution in [0, 0.1) is 5.82 Å². The number of allylic oxidation sites excluding steroid dienone is 1. The number of nitrogen functional groups attached to an aromatic ring is 1. The second-order valence-corrected chi connectivity index (χ2v) is 4.61. The van der Waals surface area contributed by atoms with Gasteiger partial charge in [-0.25, -0.2) is 4.39 Å². The summed E-state index contributed by atoms with van der Waals surface area (Å²) in [6.45, 7) is 3.85. The number of hydrogen-bond donors (Lipinski definition) is 1. The molecule has 2 rings (SSSR count). The molecule has 0 aliphatic rings. The van der Waals surface area contributed by atoms with Crippen molar-refractivity contribution < 1.29 is 13.9 Å². The van der Waals surface area contributed by atoms with Gasteiger partial charge >= 0.3 is 0 Å². The van der Waals surface area contributed by atoms with Gasteiger partial charge in [0.05, 0.1) is 7.11 Å². The molecule has 0 aliphatic carbocycles. The second-order valence-electron chi connectivity index (χ2n) is 4.61. The van der Waals surface area contributed by atoms with Gasteiger partial charge in [0, 0.05) is 17.3 Å². The molecule has 0 spiro atoms. The fourth-order valence-corrected chi connectivity index (χ4v) is 1.98. The molecule has 0 aliphatic heterocycles. The Morgan fingerprint density at radius 2 is 2.00 bits per heavy atom. The van der Waals surface area contributed by atoms with E-state index in [2.05, 4.69) is 6.58 Å². The molecule has 0 unspecified atom stereocenters. The van der Waals surface area contributed by atoms with Crippen molar-refractivity contribution in [2.75, 3.05) is 12.8 Å². The SMILES string of the molecule is C=CCc1cc(N)ccc1OCc1ccc(OC)cc1F. The summed E-state index contributed by atoms with van der Waals surface area (Å²) in [6.07, 6.45) is 2.42. The van der Waals surface area contributed by atoms with E-state index >= 15 is 0 Å². The molecule has 21 heavy (non-hydrogen) atoms. The Balaban J connectivity index is 2.14. The first-order valence-electron chi connectivity index (χ1n) is 6.58. The molecule has 0 radical (unpaired) electrons. The van der Waals surface area contributed by atoms with Crippen LogP contribution in [0.1, 0.15) is 11.1 Å². The monoisotopic (exact) mass is 287 g/mol. The predicted molar refractivity (Wildman–Crippen MR) is 82.0 cm³/mol. The lowest BCUT2D eigenvalue weighted by Crippen LogP contribution is -2.01. The Bertz CT molecular complexity index is 641. The fourth-order valence-electron chi connectivity index (χ4n) is 1.98. The highest BCUT2D eigenvalue weighted by Crippen LogP contribution is 2.24. The number of ether oxygens (including phenoxy) is 2. The maximum atomic E-state index is 13.9. The van der Waals surface area contributed by atoms with Crippen molar-refractivity contribution in [3.05, 3.63) is 66.0 Å². The number of anilines is 1. The van der Waals surface area contributed by atoms with E-state index in [0.29, 0.717) is 29.2 Å². The highest BCUT2D eigenvalue weighted by Gasteiger charge is 2.07. The zero-order chi connectivity index (χ0) is 15.2. The molecular formula is C17H18FNO2. The van der Waals surface area contributed by atoms with Crippen molar-refractivity contribution in [3.8, 4) is 11.5 Å². The van der Waals surface area contributed by atoms with Crippen LogP contribution in [-0.2, 0) is 13.0 Å². The van der Waals surface area contributed by atoms with Gasteiger partial charge in [0.25, 0.3) is 0 Å². The van der Waals surface area contributed by atoms with Gasteiger partial charge in [-0.05, 0) is 42.3 Å². The molecule has 0 fully saturated rings. The van der Waals surface area contributed by atoms with Crippen molar-refractivity contribution in [2.45, 2.75) is 13.0 Å². The lowest BCUT2D eigenvalue weighted by atomic mass is 10.1. The Kier molecular flexibility index (Phi) is 4.82. The number of rotatable bonds is 6. The van der Waals surface area contributed by atoms with Crippen LogP contribution in [-0.4, -0.2) is 7.11 Å². The Hall–Kier alpha value is -2.49. The largest absolute Gasteiger partial charge is 0.497 e. The van der Waals surface area contributed by atoms with Gasteiger partial charge in [0.1, 0.15) is 23.9 Å². The van der Waals surface area contributed by atoms with Crippen LogP contribution < -0.4 is 15.2 Å². The van der Waals surface area contributed by atoms with Crippen molar-refractivity contribution in [1.29, 1.82) is 0 Å². The van der Waals surface area contributed by atoms with Gasteiger partial charge in [-0.3, -0.25) is 0 Å². The minimum absolute atomic E-state index is 0.143. The van der Waals surface area contributed by atoms with E-state index in [1.165, 1.54) is 13.2 Å². The minimum Gasteiger partial charge on any atom is -0.497 e. The maximum Gasteiger partial charge on any atom is 0.133 e. The molecule has 2 N–H and O–H groups in total. The van der Waals surface area contributed by atoms with Crippen LogP contribution in [0.25, 0.3) is 0 Å².